The van der Waals surface area contributed by atoms with Gasteiger partial charge in [0, 0.05) is 11.1 Å². The number of carbonyl (C=O) groups is 1. The monoisotopic (exact) mass is 445 g/mol. The SMILES string of the molecule is CCOC(=O)C1(Cc2ccc(Cl)cc2)CCN([C@H](C)Cc2ccc(O)c(OC)c2)CC1. The second-order valence-corrected chi connectivity index (χ2v) is 8.84. The number of hydrogen-bond acceptors (Lipinski definition) is 5. The second kappa shape index (κ2) is 10.4. The molecule has 2 aromatic carbocycles. The smallest absolute Gasteiger partial charge is 0.312 e. The summed E-state index contributed by atoms with van der Waals surface area (Å²) >= 11 is 6.03. The lowest BCUT2D eigenvalue weighted by Crippen LogP contribution is -2.49. The molecular formula is C25H32ClNO4. The molecule has 1 N–H and O–H groups in total. The van der Waals surface area contributed by atoms with Crippen LogP contribution in [0, 0.1) is 5.41 Å². The molecule has 0 aromatic heterocycles. The predicted molar refractivity (Wildman–Crippen MR) is 123 cm³/mol. The topological polar surface area (TPSA) is 59.0 Å². The third kappa shape index (κ3) is 5.72. The van der Waals surface area contributed by atoms with Gasteiger partial charge in [0.05, 0.1) is 19.1 Å². The number of aromatic hydroxyl groups is 1. The lowest BCUT2D eigenvalue weighted by Gasteiger charge is -2.42. The van der Waals surface area contributed by atoms with E-state index in [1.807, 2.05) is 43.3 Å². The summed E-state index contributed by atoms with van der Waals surface area (Å²) in [6.45, 7) is 6.13. The summed E-state index contributed by atoms with van der Waals surface area (Å²) in [5.74, 6) is 0.548. The van der Waals surface area contributed by atoms with Crippen LogP contribution in [0.5, 0.6) is 11.5 Å². The summed E-state index contributed by atoms with van der Waals surface area (Å²) in [5.41, 5.74) is 1.72. The van der Waals surface area contributed by atoms with E-state index in [-0.39, 0.29) is 11.7 Å². The van der Waals surface area contributed by atoms with Crippen LogP contribution in [-0.4, -0.2) is 48.8 Å². The van der Waals surface area contributed by atoms with Crippen molar-refractivity contribution in [2.75, 3.05) is 26.8 Å². The van der Waals surface area contributed by atoms with Gasteiger partial charge in [-0.25, -0.2) is 0 Å². The van der Waals surface area contributed by atoms with Gasteiger partial charge in [-0.05, 0) is 88.0 Å². The highest BCUT2D eigenvalue weighted by atomic mass is 35.5. The molecule has 0 bridgehead atoms. The maximum Gasteiger partial charge on any atom is 0.312 e. The van der Waals surface area contributed by atoms with Crippen LogP contribution >= 0.6 is 11.6 Å². The van der Waals surface area contributed by atoms with Crippen LogP contribution in [-0.2, 0) is 22.4 Å². The van der Waals surface area contributed by atoms with Crippen LogP contribution in [0.4, 0.5) is 0 Å². The number of esters is 1. The Morgan fingerprint density at radius 3 is 2.42 bits per heavy atom. The number of ether oxygens (including phenoxy) is 2. The Balaban J connectivity index is 1.68. The molecule has 1 atom stereocenters. The Morgan fingerprint density at radius 2 is 1.81 bits per heavy atom. The van der Waals surface area contributed by atoms with Crippen molar-refractivity contribution in [3.05, 3.63) is 58.6 Å². The molecule has 0 amide bonds. The van der Waals surface area contributed by atoms with Crippen molar-refractivity contribution in [3.8, 4) is 11.5 Å². The third-order valence-corrected chi connectivity index (χ3v) is 6.57. The zero-order valence-electron chi connectivity index (χ0n) is 18.6. The first-order valence-electron chi connectivity index (χ1n) is 10.9. The molecule has 1 fully saturated rings. The number of phenolic OH excluding ortho intramolecular Hbond substituents is 1. The number of likely N-dealkylation sites (tertiary alicyclic amines) is 1. The van der Waals surface area contributed by atoms with E-state index in [9.17, 15) is 9.90 Å². The highest BCUT2D eigenvalue weighted by Gasteiger charge is 2.43. The average molecular weight is 446 g/mol. The van der Waals surface area contributed by atoms with Crippen LogP contribution in [0.3, 0.4) is 0 Å². The molecule has 168 valence electrons. The lowest BCUT2D eigenvalue weighted by atomic mass is 9.73. The van der Waals surface area contributed by atoms with Crippen LogP contribution < -0.4 is 4.74 Å². The fourth-order valence-corrected chi connectivity index (χ4v) is 4.57. The highest BCUT2D eigenvalue weighted by molar-refractivity contribution is 6.30. The fraction of sp³-hybridized carbons (Fsp3) is 0.480. The zero-order chi connectivity index (χ0) is 22.4. The summed E-state index contributed by atoms with van der Waals surface area (Å²) < 4.78 is 10.7. The minimum absolute atomic E-state index is 0.0967. The number of methoxy groups -OCH3 is 1. The molecule has 6 heteroatoms. The summed E-state index contributed by atoms with van der Waals surface area (Å²) in [4.78, 5) is 15.4. The van der Waals surface area contributed by atoms with Crippen molar-refractivity contribution in [2.45, 2.75) is 45.6 Å². The van der Waals surface area contributed by atoms with Gasteiger partial charge in [-0.3, -0.25) is 4.79 Å². The maximum atomic E-state index is 13.0. The van der Waals surface area contributed by atoms with Crippen LogP contribution in [0.15, 0.2) is 42.5 Å². The number of benzene rings is 2. The van der Waals surface area contributed by atoms with Gasteiger partial charge in [0.2, 0.25) is 0 Å². The van der Waals surface area contributed by atoms with Crippen LogP contribution in [0.2, 0.25) is 5.02 Å². The average Bonchev–Trinajstić information content (AvgIpc) is 2.77. The molecule has 1 aliphatic rings. The van der Waals surface area contributed by atoms with E-state index < -0.39 is 5.41 Å². The number of rotatable bonds is 8. The summed E-state index contributed by atoms with van der Waals surface area (Å²) in [6.07, 6.45) is 3.04. The number of halogens is 1. The molecule has 5 nitrogen and oxygen atoms in total. The van der Waals surface area contributed by atoms with Crippen molar-refractivity contribution in [1.82, 2.24) is 4.90 Å². The molecule has 0 aliphatic carbocycles. The molecule has 1 heterocycles. The number of hydrogen-bond donors (Lipinski definition) is 1. The summed E-state index contributed by atoms with van der Waals surface area (Å²) in [5, 5.41) is 10.5. The molecule has 3 rings (SSSR count). The molecule has 31 heavy (non-hydrogen) atoms. The van der Waals surface area contributed by atoms with E-state index in [0.29, 0.717) is 29.8 Å². The normalized spacial score (nSPS) is 17.2. The van der Waals surface area contributed by atoms with E-state index in [0.717, 1.165) is 43.5 Å². The van der Waals surface area contributed by atoms with Gasteiger partial charge in [0.25, 0.3) is 0 Å². The third-order valence-electron chi connectivity index (χ3n) is 6.32. The quantitative estimate of drug-likeness (QED) is 0.587. The minimum Gasteiger partial charge on any atom is -0.504 e. The summed E-state index contributed by atoms with van der Waals surface area (Å²) in [7, 11) is 1.56. The van der Waals surface area contributed by atoms with Gasteiger partial charge < -0.3 is 19.5 Å². The number of nitrogens with zero attached hydrogens (tertiary/aromatic N) is 1. The molecule has 0 saturated carbocycles. The van der Waals surface area contributed by atoms with Gasteiger partial charge in [0.1, 0.15) is 0 Å². The fourth-order valence-electron chi connectivity index (χ4n) is 4.44. The zero-order valence-corrected chi connectivity index (χ0v) is 19.3. The predicted octanol–water partition coefficient (Wildman–Crippen LogP) is 4.87. The molecule has 0 unspecified atom stereocenters. The number of carbonyl (C=O) groups excluding carboxylic acids is 1. The number of piperidine rings is 1. The largest absolute Gasteiger partial charge is 0.504 e. The van der Waals surface area contributed by atoms with E-state index in [4.69, 9.17) is 21.1 Å². The molecule has 2 aromatic rings. The standard InChI is InChI=1S/C25H32ClNO4/c1-4-31-24(29)25(17-19-5-8-21(26)9-6-19)11-13-27(14-12-25)18(2)15-20-7-10-22(28)23(16-20)30-3/h5-10,16,18,28H,4,11-15,17H2,1-3H3/t18-/m1/s1. The number of phenols is 1. The van der Waals surface area contributed by atoms with E-state index >= 15 is 0 Å². The molecule has 0 spiro atoms. The first-order valence-corrected chi connectivity index (χ1v) is 11.3. The lowest BCUT2D eigenvalue weighted by molar-refractivity contribution is -0.159. The Morgan fingerprint density at radius 1 is 1.16 bits per heavy atom. The van der Waals surface area contributed by atoms with E-state index in [1.54, 1.807) is 13.2 Å². The van der Waals surface area contributed by atoms with Crippen LogP contribution in [0.1, 0.15) is 37.8 Å². The Kier molecular flexibility index (Phi) is 7.84. The van der Waals surface area contributed by atoms with Gasteiger partial charge >= 0.3 is 5.97 Å². The molecule has 1 aliphatic heterocycles. The Hall–Kier alpha value is -2.24. The van der Waals surface area contributed by atoms with Crippen LogP contribution in [0.25, 0.3) is 0 Å². The van der Waals surface area contributed by atoms with Crippen molar-refractivity contribution in [1.29, 1.82) is 0 Å². The minimum atomic E-state index is -0.498. The van der Waals surface area contributed by atoms with E-state index in [2.05, 4.69) is 11.8 Å². The van der Waals surface area contributed by atoms with Crippen molar-refractivity contribution < 1.29 is 19.4 Å². The van der Waals surface area contributed by atoms with Crippen molar-refractivity contribution >= 4 is 17.6 Å². The molecule has 1 saturated heterocycles. The Labute approximate surface area is 189 Å². The van der Waals surface area contributed by atoms with E-state index in [1.165, 1.54) is 0 Å². The van der Waals surface area contributed by atoms with Gasteiger partial charge in [-0.1, -0.05) is 29.8 Å². The molecule has 0 radical (unpaired) electrons. The first-order chi connectivity index (χ1) is 14.9. The second-order valence-electron chi connectivity index (χ2n) is 8.40. The molecular weight excluding hydrogens is 414 g/mol. The van der Waals surface area contributed by atoms with Gasteiger partial charge in [0.15, 0.2) is 11.5 Å². The highest BCUT2D eigenvalue weighted by Crippen LogP contribution is 2.38. The summed E-state index contributed by atoms with van der Waals surface area (Å²) in [6, 6.07) is 13.5. The van der Waals surface area contributed by atoms with Gasteiger partial charge in [-0.2, -0.15) is 0 Å². The Bertz CT molecular complexity index is 876. The van der Waals surface area contributed by atoms with Gasteiger partial charge in [-0.15, -0.1) is 0 Å². The van der Waals surface area contributed by atoms with Crippen molar-refractivity contribution in [3.63, 3.8) is 0 Å². The van der Waals surface area contributed by atoms with Crippen molar-refractivity contribution in [2.24, 2.45) is 5.41 Å². The maximum absolute atomic E-state index is 13.0. The first kappa shape index (κ1) is 23.4.